The number of nitrogens with two attached hydrogens (primary N) is 1. The molecule has 3 N–H and O–H groups in total. The van der Waals surface area contributed by atoms with E-state index in [9.17, 15) is 13.6 Å². The first-order chi connectivity index (χ1) is 8.54. The van der Waals surface area contributed by atoms with Gasteiger partial charge in [-0.05, 0) is 18.9 Å². The minimum absolute atomic E-state index is 0.0609. The molecule has 1 atom stereocenters. The highest BCUT2D eigenvalue weighted by atomic mass is 19.2. The van der Waals surface area contributed by atoms with Crippen molar-refractivity contribution in [2.45, 2.75) is 18.9 Å². The van der Waals surface area contributed by atoms with E-state index in [1.54, 1.807) is 0 Å². The maximum atomic E-state index is 13.1. The van der Waals surface area contributed by atoms with Crippen LogP contribution in [-0.2, 0) is 0 Å². The molecule has 6 heteroatoms. The summed E-state index contributed by atoms with van der Waals surface area (Å²) in [6.45, 7) is 0.345. The lowest BCUT2D eigenvalue weighted by Crippen LogP contribution is -2.38. The van der Waals surface area contributed by atoms with Crippen LogP contribution in [0.4, 0.5) is 14.5 Å². The maximum absolute atomic E-state index is 13.1. The van der Waals surface area contributed by atoms with E-state index < -0.39 is 17.5 Å². The van der Waals surface area contributed by atoms with E-state index in [1.165, 1.54) is 4.90 Å². The standard InChI is InChI=1S/C12H14F2N2O2/c13-9-4-8(11(15)5-10(9)14)12(18)16-3-1-2-7(16)6-17/h4-5,7,17H,1-3,6,15H2/t7-/m1/s1. The molecule has 2 rings (SSSR count). The predicted octanol–water partition coefficient (Wildman–Crippen LogP) is 1.14. The Morgan fingerprint density at radius 2 is 2.11 bits per heavy atom. The van der Waals surface area contributed by atoms with Crippen molar-refractivity contribution in [1.29, 1.82) is 0 Å². The van der Waals surface area contributed by atoms with Gasteiger partial charge in [-0.15, -0.1) is 0 Å². The zero-order valence-electron chi connectivity index (χ0n) is 9.70. The number of benzene rings is 1. The van der Waals surface area contributed by atoms with Crippen LogP contribution in [0.3, 0.4) is 0 Å². The maximum Gasteiger partial charge on any atom is 0.256 e. The fraction of sp³-hybridized carbons (Fsp3) is 0.417. The quantitative estimate of drug-likeness (QED) is 0.780. The summed E-state index contributed by atoms with van der Waals surface area (Å²) in [6.07, 6.45) is 1.48. The van der Waals surface area contributed by atoms with Gasteiger partial charge in [-0.25, -0.2) is 8.78 Å². The van der Waals surface area contributed by atoms with Gasteiger partial charge in [0.2, 0.25) is 0 Å². The highest BCUT2D eigenvalue weighted by molar-refractivity contribution is 5.99. The molecule has 1 heterocycles. The Labute approximate surface area is 103 Å². The van der Waals surface area contributed by atoms with Gasteiger partial charge < -0.3 is 15.7 Å². The summed E-state index contributed by atoms with van der Waals surface area (Å²) >= 11 is 0. The number of anilines is 1. The molecule has 1 aromatic rings. The van der Waals surface area contributed by atoms with Crippen molar-refractivity contribution >= 4 is 11.6 Å². The Morgan fingerprint density at radius 1 is 1.44 bits per heavy atom. The SMILES string of the molecule is Nc1cc(F)c(F)cc1C(=O)N1CCC[C@@H]1CO. The van der Waals surface area contributed by atoms with Crippen LogP contribution in [0.25, 0.3) is 0 Å². The van der Waals surface area contributed by atoms with Crippen molar-refractivity contribution in [3.8, 4) is 0 Å². The van der Waals surface area contributed by atoms with Crippen molar-refractivity contribution in [3.05, 3.63) is 29.3 Å². The lowest BCUT2D eigenvalue weighted by atomic mass is 10.1. The summed E-state index contributed by atoms with van der Waals surface area (Å²) in [5.74, 6) is -2.65. The molecule has 0 bridgehead atoms. The van der Waals surface area contributed by atoms with Crippen LogP contribution in [0.2, 0.25) is 0 Å². The number of hydrogen-bond acceptors (Lipinski definition) is 3. The molecule has 1 aliphatic rings. The van der Waals surface area contributed by atoms with Crippen LogP contribution in [-0.4, -0.2) is 35.1 Å². The highest BCUT2D eigenvalue weighted by Crippen LogP contribution is 2.24. The average molecular weight is 256 g/mol. The molecule has 1 aromatic carbocycles. The molecule has 0 aromatic heterocycles. The number of hydrogen-bond donors (Lipinski definition) is 2. The van der Waals surface area contributed by atoms with E-state index in [0.29, 0.717) is 13.0 Å². The van der Waals surface area contributed by atoms with E-state index in [4.69, 9.17) is 10.8 Å². The molecule has 18 heavy (non-hydrogen) atoms. The third-order valence-electron chi connectivity index (χ3n) is 3.17. The molecule has 0 unspecified atom stereocenters. The number of aliphatic hydroxyl groups excluding tert-OH is 1. The summed E-state index contributed by atoms with van der Waals surface area (Å²) in [7, 11) is 0. The third kappa shape index (κ3) is 2.15. The van der Waals surface area contributed by atoms with Gasteiger partial charge in [-0.2, -0.15) is 0 Å². The molecule has 0 radical (unpaired) electrons. The number of likely N-dealkylation sites (tertiary alicyclic amines) is 1. The first-order valence-electron chi connectivity index (χ1n) is 5.71. The van der Waals surface area contributed by atoms with Gasteiger partial charge in [0.05, 0.1) is 18.2 Å². The van der Waals surface area contributed by atoms with E-state index >= 15 is 0 Å². The zero-order chi connectivity index (χ0) is 13.3. The molecule has 4 nitrogen and oxygen atoms in total. The Kier molecular flexibility index (Phi) is 3.47. The van der Waals surface area contributed by atoms with Crippen LogP contribution in [0.1, 0.15) is 23.2 Å². The van der Waals surface area contributed by atoms with Crippen molar-refractivity contribution in [2.75, 3.05) is 18.9 Å². The second-order valence-corrected chi connectivity index (χ2v) is 4.33. The topological polar surface area (TPSA) is 66.6 Å². The van der Waals surface area contributed by atoms with Crippen molar-refractivity contribution in [3.63, 3.8) is 0 Å². The second-order valence-electron chi connectivity index (χ2n) is 4.33. The van der Waals surface area contributed by atoms with Gasteiger partial charge in [-0.3, -0.25) is 4.79 Å². The molecule has 1 saturated heterocycles. The molecule has 1 amide bonds. The molecular weight excluding hydrogens is 242 g/mol. The number of aliphatic hydroxyl groups is 1. The van der Waals surface area contributed by atoms with Gasteiger partial charge in [0.25, 0.3) is 5.91 Å². The summed E-state index contributed by atoms with van der Waals surface area (Å²) in [5, 5.41) is 9.14. The first-order valence-corrected chi connectivity index (χ1v) is 5.71. The van der Waals surface area contributed by atoms with Crippen LogP contribution in [0.15, 0.2) is 12.1 Å². The summed E-state index contributed by atoms with van der Waals surface area (Å²) in [4.78, 5) is 13.6. The minimum atomic E-state index is -1.10. The summed E-state index contributed by atoms with van der Waals surface area (Å²) < 4.78 is 26.1. The van der Waals surface area contributed by atoms with Gasteiger partial charge in [0, 0.05) is 18.3 Å². The van der Waals surface area contributed by atoms with Gasteiger partial charge in [-0.1, -0.05) is 0 Å². The lowest BCUT2D eigenvalue weighted by molar-refractivity contribution is 0.0678. The highest BCUT2D eigenvalue weighted by Gasteiger charge is 2.30. The van der Waals surface area contributed by atoms with Gasteiger partial charge in [0.15, 0.2) is 11.6 Å². The number of nitrogen functional groups attached to an aromatic ring is 1. The molecular formula is C12H14F2N2O2. The average Bonchev–Trinajstić information content (AvgIpc) is 2.81. The van der Waals surface area contributed by atoms with E-state index in [1.807, 2.05) is 0 Å². The predicted molar refractivity (Wildman–Crippen MR) is 61.9 cm³/mol. The zero-order valence-corrected chi connectivity index (χ0v) is 9.70. The molecule has 1 aliphatic heterocycles. The second kappa shape index (κ2) is 4.89. The monoisotopic (exact) mass is 256 g/mol. The first kappa shape index (κ1) is 12.8. The third-order valence-corrected chi connectivity index (χ3v) is 3.17. The van der Waals surface area contributed by atoms with Gasteiger partial charge in [0.1, 0.15) is 0 Å². The van der Waals surface area contributed by atoms with Crippen molar-refractivity contribution in [2.24, 2.45) is 0 Å². The number of nitrogens with zero attached hydrogens (tertiary/aromatic N) is 1. The normalized spacial score (nSPS) is 19.3. The molecule has 0 saturated carbocycles. The lowest BCUT2D eigenvalue weighted by Gasteiger charge is -2.23. The molecule has 98 valence electrons. The van der Waals surface area contributed by atoms with Crippen molar-refractivity contribution in [1.82, 2.24) is 4.90 Å². The van der Waals surface area contributed by atoms with Crippen molar-refractivity contribution < 1.29 is 18.7 Å². The Balaban J connectivity index is 2.31. The molecule has 1 fully saturated rings. The van der Waals surface area contributed by atoms with E-state index in [2.05, 4.69) is 0 Å². The van der Waals surface area contributed by atoms with Crippen LogP contribution in [0.5, 0.6) is 0 Å². The Morgan fingerprint density at radius 3 is 2.78 bits per heavy atom. The number of carbonyl (C=O) groups is 1. The Bertz CT molecular complexity index is 479. The van der Waals surface area contributed by atoms with E-state index in [-0.39, 0.29) is 23.9 Å². The molecule has 0 aliphatic carbocycles. The minimum Gasteiger partial charge on any atom is -0.398 e. The van der Waals surface area contributed by atoms with Crippen LogP contribution >= 0.6 is 0 Å². The molecule has 0 spiro atoms. The van der Waals surface area contributed by atoms with E-state index in [0.717, 1.165) is 18.6 Å². The Hall–Kier alpha value is -1.69. The van der Waals surface area contributed by atoms with Gasteiger partial charge >= 0.3 is 0 Å². The smallest absolute Gasteiger partial charge is 0.256 e. The summed E-state index contributed by atoms with van der Waals surface area (Å²) in [5.41, 5.74) is 5.37. The number of amides is 1. The fourth-order valence-corrected chi connectivity index (χ4v) is 2.20. The van der Waals surface area contributed by atoms with Crippen LogP contribution < -0.4 is 5.73 Å². The number of rotatable bonds is 2. The summed E-state index contributed by atoms with van der Waals surface area (Å²) in [6, 6.07) is 1.33. The fourth-order valence-electron chi connectivity index (χ4n) is 2.20. The van der Waals surface area contributed by atoms with Crippen LogP contribution in [0, 0.1) is 11.6 Å². The largest absolute Gasteiger partial charge is 0.398 e. The number of carbonyl (C=O) groups excluding carboxylic acids is 1. The number of halogens is 2.